The minimum Gasteiger partial charge on any atom is -0.275 e. The van der Waals surface area contributed by atoms with Crippen LogP contribution in [0.2, 0.25) is 5.02 Å². The first-order chi connectivity index (χ1) is 15.0. The Morgan fingerprint density at radius 1 is 1.19 bits per heavy atom. The van der Waals surface area contributed by atoms with E-state index in [0.717, 1.165) is 27.7 Å². The average Bonchev–Trinajstić information content (AvgIpc) is 3.21. The molecule has 0 spiro atoms. The van der Waals surface area contributed by atoms with Gasteiger partial charge >= 0.3 is 0 Å². The van der Waals surface area contributed by atoms with Crippen molar-refractivity contribution in [1.29, 1.82) is 0 Å². The van der Waals surface area contributed by atoms with Gasteiger partial charge in [-0.3, -0.25) is 4.68 Å². The third-order valence-corrected chi connectivity index (χ3v) is 5.21. The summed E-state index contributed by atoms with van der Waals surface area (Å²) in [5.41, 5.74) is 5.03. The number of aryl methyl sites for hydroxylation is 1. The number of fused-ring (bicyclic) bond motifs is 1. The molecule has 3 aromatic heterocycles. The maximum atomic E-state index is 14.6. The van der Waals surface area contributed by atoms with Gasteiger partial charge in [0.1, 0.15) is 5.82 Å². The lowest BCUT2D eigenvalue weighted by molar-refractivity contribution is 0.631. The number of rotatable bonds is 5. The molecule has 0 N–H and O–H groups in total. The summed E-state index contributed by atoms with van der Waals surface area (Å²) in [6.07, 6.45) is 11.2. The zero-order valence-electron chi connectivity index (χ0n) is 17.2. The summed E-state index contributed by atoms with van der Waals surface area (Å²) in [4.78, 5) is 9.00. The van der Waals surface area contributed by atoms with Crippen molar-refractivity contribution in [2.24, 2.45) is 7.05 Å². The molecule has 0 saturated heterocycles. The average molecular weight is 431 g/mol. The van der Waals surface area contributed by atoms with Gasteiger partial charge in [-0.1, -0.05) is 30.3 Å². The minimum absolute atomic E-state index is 0.330. The fourth-order valence-corrected chi connectivity index (χ4v) is 3.61. The van der Waals surface area contributed by atoms with E-state index in [0.29, 0.717) is 21.9 Å². The standard InChI is InChI=1S/C25H20ClFN4/c1-4-16(18-14-29-31(3)15-18)11-17(5-2)21-13-24(22-12-19(26)8-9-23(22)27)30-25-20(21)7-6-10-28-25/h4-15H,1H2,2-3H3/b16-11+,17-5+. The molecule has 0 amide bonds. The Bertz CT molecular complexity index is 1350. The van der Waals surface area contributed by atoms with Gasteiger partial charge in [-0.05, 0) is 66.1 Å². The van der Waals surface area contributed by atoms with Gasteiger partial charge in [0.25, 0.3) is 0 Å². The van der Waals surface area contributed by atoms with Gasteiger partial charge in [-0.15, -0.1) is 0 Å². The summed E-state index contributed by atoms with van der Waals surface area (Å²) in [7, 11) is 1.87. The van der Waals surface area contributed by atoms with Crippen LogP contribution in [-0.2, 0) is 7.05 Å². The van der Waals surface area contributed by atoms with Crippen molar-refractivity contribution < 1.29 is 4.39 Å². The van der Waals surface area contributed by atoms with Crippen LogP contribution < -0.4 is 0 Å². The summed E-state index contributed by atoms with van der Waals surface area (Å²) in [6, 6.07) is 10.1. The summed E-state index contributed by atoms with van der Waals surface area (Å²) in [5, 5.41) is 5.56. The maximum absolute atomic E-state index is 14.6. The van der Waals surface area contributed by atoms with Crippen LogP contribution in [-0.4, -0.2) is 19.7 Å². The maximum Gasteiger partial charge on any atom is 0.160 e. The first kappa shape index (κ1) is 20.7. The second kappa shape index (κ2) is 8.66. The lowest BCUT2D eigenvalue weighted by atomic mass is 9.96. The van der Waals surface area contributed by atoms with Gasteiger partial charge in [-0.25, -0.2) is 14.4 Å². The van der Waals surface area contributed by atoms with Gasteiger partial charge in [0.2, 0.25) is 0 Å². The van der Waals surface area contributed by atoms with Crippen LogP contribution in [0, 0.1) is 5.82 Å². The number of aromatic nitrogens is 4. The lowest BCUT2D eigenvalue weighted by Gasteiger charge is -2.12. The van der Waals surface area contributed by atoms with Crippen molar-refractivity contribution in [3.8, 4) is 11.3 Å². The molecule has 3 heterocycles. The fourth-order valence-electron chi connectivity index (χ4n) is 3.44. The van der Waals surface area contributed by atoms with E-state index < -0.39 is 5.82 Å². The highest BCUT2D eigenvalue weighted by Crippen LogP contribution is 2.33. The molecule has 0 aliphatic carbocycles. The van der Waals surface area contributed by atoms with Gasteiger partial charge in [0, 0.05) is 41.0 Å². The molecule has 154 valence electrons. The largest absolute Gasteiger partial charge is 0.275 e. The van der Waals surface area contributed by atoms with Crippen LogP contribution in [0.5, 0.6) is 0 Å². The number of benzene rings is 1. The Kier molecular flexibility index (Phi) is 5.78. The molecule has 0 bridgehead atoms. The fraction of sp³-hybridized carbons (Fsp3) is 0.0800. The summed E-state index contributed by atoms with van der Waals surface area (Å²) >= 11 is 6.12. The van der Waals surface area contributed by atoms with E-state index in [1.54, 1.807) is 29.2 Å². The molecule has 4 nitrogen and oxygen atoms in total. The molecule has 0 radical (unpaired) electrons. The van der Waals surface area contributed by atoms with Gasteiger partial charge in [0.15, 0.2) is 5.65 Å². The predicted octanol–water partition coefficient (Wildman–Crippen LogP) is 6.50. The lowest BCUT2D eigenvalue weighted by Crippen LogP contribution is -1.96. The van der Waals surface area contributed by atoms with Gasteiger partial charge in [0.05, 0.1) is 11.9 Å². The predicted molar refractivity (Wildman–Crippen MR) is 125 cm³/mol. The van der Waals surface area contributed by atoms with Gasteiger partial charge < -0.3 is 0 Å². The number of halogens is 2. The smallest absolute Gasteiger partial charge is 0.160 e. The monoisotopic (exact) mass is 430 g/mol. The molecule has 0 fully saturated rings. The third kappa shape index (κ3) is 4.18. The van der Waals surface area contributed by atoms with Crippen molar-refractivity contribution >= 4 is 33.8 Å². The number of hydrogen-bond donors (Lipinski definition) is 0. The van der Waals surface area contributed by atoms with E-state index in [1.807, 2.05) is 50.5 Å². The van der Waals surface area contributed by atoms with E-state index in [1.165, 1.54) is 12.1 Å². The Morgan fingerprint density at radius 2 is 2.03 bits per heavy atom. The quantitative estimate of drug-likeness (QED) is 0.339. The van der Waals surface area contributed by atoms with Crippen molar-refractivity contribution in [2.45, 2.75) is 6.92 Å². The second-order valence-electron chi connectivity index (χ2n) is 7.00. The Labute approximate surface area is 185 Å². The summed E-state index contributed by atoms with van der Waals surface area (Å²) < 4.78 is 16.3. The van der Waals surface area contributed by atoms with Crippen LogP contribution in [0.4, 0.5) is 4.39 Å². The number of hydrogen-bond acceptors (Lipinski definition) is 3. The first-order valence-electron chi connectivity index (χ1n) is 9.71. The normalized spacial score (nSPS) is 12.4. The van der Waals surface area contributed by atoms with Crippen LogP contribution in [0.1, 0.15) is 18.1 Å². The summed E-state index contributed by atoms with van der Waals surface area (Å²) in [6.45, 7) is 5.91. The molecule has 0 unspecified atom stereocenters. The molecular weight excluding hydrogens is 411 g/mol. The Morgan fingerprint density at radius 3 is 2.74 bits per heavy atom. The Hall–Kier alpha value is -3.57. The molecule has 31 heavy (non-hydrogen) atoms. The molecule has 0 aliphatic heterocycles. The zero-order valence-corrected chi connectivity index (χ0v) is 17.9. The molecule has 4 rings (SSSR count). The van der Waals surface area contributed by atoms with Crippen LogP contribution in [0.3, 0.4) is 0 Å². The van der Waals surface area contributed by atoms with Gasteiger partial charge in [-0.2, -0.15) is 5.10 Å². The highest BCUT2D eigenvalue weighted by atomic mass is 35.5. The molecule has 4 aromatic rings. The molecule has 1 aromatic carbocycles. The number of allylic oxidation sites excluding steroid dienone is 5. The van der Waals surface area contributed by atoms with E-state index >= 15 is 0 Å². The molecule has 0 atom stereocenters. The molecule has 0 saturated carbocycles. The second-order valence-corrected chi connectivity index (χ2v) is 7.44. The van der Waals surface area contributed by atoms with Crippen LogP contribution in [0.15, 0.2) is 79.8 Å². The van der Waals surface area contributed by atoms with Crippen LogP contribution in [0.25, 0.3) is 33.4 Å². The van der Waals surface area contributed by atoms with E-state index in [-0.39, 0.29) is 0 Å². The summed E-state index contributed by atoms with van der Waals surface area (Å²) in [5.74, 6) is -0.391. The Balaban J connectivity index is 1.94. The molecular formula is C25H20ClFN4. The van der Waals surface area contributed by atoms with E-state index in [4.69, 9.17) is 11.6 Å². The van der Waals surface area contributed by atoms with E-state index in [9.17, 15) is 4.39 Å². The zero-order chi connectivity index (χ0) is 22.0. The van der Waals surface area contributed by atoms with E-state index in [2.05, 4.69) is 21.6 Å². The van der Waals surface area contributed by atoms with Crippen molar-refractivity contribution in [1.82, 2.24) is 19.7 Å². The third-order valence-electron chi connectivity index (χ3n) is 4.98. The minimum atomic E-state index is -0.391. The van der Waals surface area contributed by atoms with Crippen molar-refractivity contribution in [3.05, 3.63) is 102 Å². The molecule has 0 aliphatic rings. The van der Waals surface area contributed by atoms with Crippen LogP contribution >= 0.6 is 11.6 Å². The highest BCUT2D eigenvalue weighted by molar-refractivity contribution is 6.30. The molecule has 6 heteroatoms. The number of nitrogens with zero attached hydrogens (tertiary/aromatic N) is 4. The topological polar surface area (TPSA) is 43.6 Å². The SMILES string of the molecule is C=C/C(=C\C(=C/C)c1cc(-c2cc(Cl)ccc2F)nc2ncccc12)c1cnn(C)c1. The van der Waals surface area contributed by atoms with Crippen molar-refractivity contribution in [2.75, 3.05) is 0 Å². The first-order valence-corrected chi connectivity index (χ1v) is 10.1. The van der Waals surface area contributed by atoms with Crippen molar-refractivity contribution in [3.63, 3.8) is 0 Å². The number of pyridine rings is 2. The highest BCUT2D eigenvalue weighted by Gasteiger charge is 2.14.